The Morgan fingerprint density at radius 1 is 1.52 bits per heavy atom. The van der Waals surface area contributed by atoms with Crippen LogP contribution in [-0.4, -0.2) is 34.2 Å². The molecule has 0 bridgehead atoms. The lowest BCUT2D eigenvalue weighted by molar-refractivity contribution is 0.0507. The molecule has 1 atom stereocenters. The van der Waals surface area contributed by atoms with Gasteiger partial charge in [-0.1, -0.05) is 0 Å². The van der Waals surface area contributed by atoms with Crippen LogP contribution in [0.3, 0.4) is 0 Å². The molecule has 1 unspecified atom stereocenters. The molecule has 114 valence electrons. The van der Waals surface area contributed by atoms with Gasteiger partial charge in [0.1, 0.15) is 29.4 Å². The first-order valence-corrected chi connectivity index (χ1v) is 6.75. The number of nitrogens with zero attached hydrogens (tertiary/aromatic N) is 3. The maximum absolute atomic E-state index is 11.6. The van der Waals surface area contributed by atoms with Crippen molar-refractivity contribution in [3.63, 3.8) is 0 Å². The fraction of sp³-hybridized carbons (Fsp3) is 0.571. The van der Waals surface area contributed by atoms with Gasteiger partial charge in [0.2, 0.25) is 0 Å². The summed E-state index contributed by atoms with van der Waals surface area (Å²) in [5.74, 6) is 0.497. The first-order valence-electron chi connectivity index (χ1n) is 6.75. The van der Waals surface area contributed by atoms with Crippen molar-refractivity contribution in [2.75, 3.05) is 11.9 Å². The molecule has 0 aromatic carbocycles. The number of carbonyl (C=O) groups is 1. The average Bonchev–Trinajstić information content (AvgIpc) is 2.36. The molecule has 2 N–H and O–H groups in total. The van der Waals surface area contributed by atoms with Crippen LogP contribution in [0, 0.1) is 11.3 Å². The normalized spacial score (nSPS) is 12.1. The molecule has 21 heavy (non-hydrogen) atoms. The molecule has 1 rings (SSSR count). The standard InChI is InChI=1S/C14H21N5O2/c1-10(19-13(20)21-14(2,3)4)5-6-17-12-11(7-15)8-16-9-18-12/h8-10H,5-6H2,1-4H3,(H,19,20)(H,16,17,18). The predicted octanol–water partition coefficient (Wildman–Crippen LogP) is 2.06. The number of rotatable bonds is 5. The van der Waals surface area contributed by atoms with Crippen LogP contribution in [0.5, 0.6) is 0 Å². The van der Waals surface area contributed by atoms with Gasteiger partial charge >= 0.3 is 6.09 Å². The SMILES string of the molecule is CC(CCNc1ncncc1C#N)NC(=O)OC(C)(C)C. The van der Waals surface area contributed by atoms with Gasteiger partial charge in [-0.05, 0) is 34.1 Å². The molecule has 0 radical (unpaired) electrons. The molecule has 0 spiro atoms. The van der Waals surface area contributed by atoms with Crippen LogP contribution < -0.4 is 10.6 Å². The van der Waals surface area contributed by atoms with Gasteiger partial charge in [0.05, 0.1) is 6.20 Å². The quantitative estimate of drug-likeness (QED) is 0.861. The van der Waals surface area contributed by atoms with Crippen LogP contribution in [0.1, 0.15) is 39.7 Å². The van der Waals surface area contributed by atoms with Crippen LogP contribution >= 0.6 is 0 Å². The van der Waals surface area contributed by atoms with Crippen molar-refractivity contribution < 1.29 is 9.53 Å². The Bertz CT molecular complexity index is 519. The van der Waals surface area contributed by atoms with Gasteiger partial charge in [-0.25, -0.2) is 14.8 Å². The second kappa shape index (κ2) is 7.43. The molecule has 0 saturated heterocycles. The molecule has 7 heteroatoms. The summed E-state index contributed by atoms with van der Waals surface area (Å²) >= 11 is 0. The summed E-state index contributed by atoms with van der Waals surface area (Å²) in [7, 11) is 0. The Balaban J connectivity index is 2.36. The maximum Gasteiger partial charge on any atom is 0.407 e. The highest BCUT2D eigenvalue weighted by Crippen LogP contribution is 2.09. The molecule has 7 nitrogen and oxygen atoms in total. The number of nitrogens with one attached hydrogen (secondary N) is 2. The molecular weight excluding hydrogens is 270 g/mol. The Kier molecular flexibility index (Phi) is 5.91. The van der Waals surface area contributed by atoms with Gasteiger partial charge in [0.25, 0.3) is 0 Å². The number of alkyl carbamates (subject to hydrolysis) is 1. The third-order valence-corrected chi connectivity index (χ3v) is 2.47. The molecule has 1 amide bonds. The van der Waals surface area contributed by atoms with Crippen molar-refractivity contribution in [1.29, 1.82) is 5.26 Å². The summed E-state index contributed by atoms with van der Waals surface area (Å²) < 4.78 is 5.18. The Morgan fingerprint density at radius 2 is 2.24 bits per heavy atom. The van der Waals surface area contributed by atoms with Gasteiger partial charge in [-0.15, -0.1) is 0 Å². The third kappa shape index (κ3) is 6.56. The third-order valence-electron chi connectivity index (χ3n) is 2.47. The molecule has 1 heterocycles. The molecule has 1 aromatic rings. The van der Waals surface area contributed by atoms with E-state index in [0.717, 1.165) is 0 Å². The number of nitriles is 1. The minimum absolute atomic E-state index is 0.0558. The molecule has 1 aromatic heterocycles. The summed E-state index contributed by atoms with van der Waals surface area (Å²) in [4.78, 5) is 19.4. The number of ether oxygens (including phenoxy) is 1. The zero-order valence-electron chi connectivity index (χ0n) is 12.8. The minimum Gasteiger partial charge on any atom is -0.444 e. The van der Waals surface area contributed by atoms with Crippen LogP contribution in [0.15, 0.2) is 12.5 Å². The highest BCUT2D eigenvalue weighted by atomic mass is 16.6. The smallest absolute Gasteiger partial charge is 0.407 e. The van der Waals surface area contributed by atoms with E-state index in [1.165, 1.54) is 12.5 Å². The van der Waals surface area contributed by atoms with E-state index in [0.29, 0.717) is 24.3 Å². The van der Waals surface area contributed by atoms with Crippen molar-refractivity contribution in [3.05, 3.63) is 18.1 Å². The molecule has 0 aliphatic carbocycles. The Labute approximate surface area is 124 Å². The fourth-order valence-corrected chi connectivity index (χ4v) is 1.54. The van der Waals surface area contributed by atoms with E-state index in [2.05, 4.69) is 20.6 Å². The number of hydrogen-bond acceptors (Lipinski definition) is 6. The largest absolute Gasteiger partial charge is 0.444 e. The number of aromatic nitrogens is 2. The molecule has 0 fully saturated rings. The monoisotopic (exact) mass is 291 g/mol. The topological polar surface area (TPSA) is 99.9 Å². The van der Waals surface area contributed by atoms with E-state index in [1.807, 2.05) is 33.8 Å². The summed E-state index contributed by atoms with van der Waals surface area (Å²) in [6.07, 6.45) is 3.08. The fourth-order valence-electron chi connectivity index (χ4n) is 1.54. The second-order valence-corrected chi connectivity index (χ2v) is 5.66. The van der Waals surface area contributed by atoms with Gasteiger partial charge in [-0.2, -0.15) is 5.26 Å². The second-order valence-electron chi connectivity index (χ2n) is 5.66. The van der Waals surface area contributed by atoms with Crippen LogP contribution in [0.25, 0.3) is 0 Å². The van der Waals surface area contributed by atoms with E-state index in [9.17, 15) is 4.79 Å². The van der Waals surface area contributed by atoms with E-state index in [1.54, 1.807) is 0 Å². The zero-order chi connectivity index (χ0) is 15.9. The lowest BCUT2D eigenvalue weighted by atomic mass is 10.2. The maximum atomic E-state index is 11.6. The number of hydrogen-bond donors (Lipinski definition) is 2. The zero-order valence-corrected chi connectivity index (χ0v) is 12.8. The minimum atomic E-state index is -0.509. The van der Waals surface area contributed by atoms with Crippen LogP contribution in [0.4, 0.5) is 10.6 Å². The van der Waals surface area contributed by atoms with Crippen molar-refractivity contribution in [1.82, 2.24) is 15.3 Å². The Morgan fingerprint density at radius 3 is 2.86 bits per heavy atom. The van der Waals surface area contributed by atoms with Crippen LogP contribution in [0.2, 0.25) is 0 Å². The lowest BCUT2D eigenvalue weighted by Crippen LogP contribution is -2.38. The van der Waals surface area contributed by atoms with Gasteiger partial charge in [0, 0.05) is 12.6 Å². The summed E-state index contributed by atoms with van der Waals surface area (Å²) in [5.41, 5.74) is -0.115. The van der Waals surface area contributed by atoms with Gasteiger partial charge in [-0.3, -0.25) is 0 Å². The van der Waals surface area contributed by atoms with E-state index in [4.69, 9.17) is 10.00 Å². The number of amides is 1. The van der Waals surface area contributed by atoms with E-state index >= 15 is 0 Å². The Hall–Kier alpha value is -2.36. The summed E-state index contributed by atoms with van der Waals surface area (Å²) in [5, 5.41) is 14.7. The molecule has 0 saturated carbocycles. The van der Waals surface area contributed by atoms with Crippen molar-refractivity contribution >= 4 is 11.9 Å². The van der Waals surface area contributed by atoms with Crippen molar-refractivity contribution in [2.45, 2.75) is 45.8 Å². The highest BCUT2D eigenvalue weighted by Gasteiger charge is 2.17. The van der Waals surface area contributed by atoms with E-state index < -0.39 is 11.7 Å². The molecular formula is C14H21N5O2. The van der Waals surface area contributed by atoms with Crippen LogP contribution in [-0.2, 0) is 4.74 Å². The van der Waals surface area contributed by atoms with Gasteiger partial charge < -0.3 is 15.4 Å². The summed E-state index contributed by atoms with van der Waals surface area (Å²) in [6, 6.07) is 1.96. The average molecular weight is 291 g/mol. The van der Waals surface area contributed by atoms with Crippen molar-refractivity contribution in [3.8, 4) is 6.07 Å². The van der Waals surface area contributed by atoms with Crippen molar-refractivity contribution in [2.24, 2.45) is 0 Å². The highest BCUT2D eigenvalue weighted by molar-refractivity contribution is 5.68. The first kappa shape index (κ1) is 16.7. The van der Waals surface area contributed by atoms with Gasteiger partial charge in [0.15, 0.2) is 0 Å². The number of carbonyl (C=O) groups excluding carboxylic acids is 1. The lowest BCUT2D eigenvalue weighted by Gasteiger charge is -2.22. The predicted molar refractivity (Wildman–Crippen MR) is 78.7 cm³/mol. The summed E-state index contributed by atoms with van der Waals surface area (Å²) in [6.45, 7) is 7.91. The molecule has 0 aliphatic rings. The first-order chi connectivity index (χ1) is 9.81. The molecule has 0 aliphatic heterocycles. The number of anilines is 1. The van der Waals surface area contributed by atoms with E-state index in [-0.39, 0.29) is 6.04 Å².